The zero-order chi connectivity index (χ0) is 17.9. The highest BCUT2D eigenvalue weighted by molar-refractivity contribution is 7.91. The molecule has 0 aromatic heterocycles. The Kier molecular flexibility index (Phi) is 5.95. The fourth-order valence-electron chi connectivity index (χ4n) is 2.22. The van der Waals surface area contributed by atoms with E-state index in [-0.39, 0.29) is 11.5 Å². The van der Waals surface area contributed by atoms with Gasteiger partial charge < -0.3 is 16.0 Å². The number of rotatable bonds is 4. The van der Waals surface area contributed by atoms with E-state index in [1.165, 1.54) is 13.0 Å². The first-order chi connectivity index (χ1) is 11.2. The van der Waals surface area contributed by atoms with Gasteiger partial charge >= 0.3 is 6.03 Å². The fourth-order valence-corrected chi connectivity index (χ4v) is 4.19. The second kappa shape index (κ2) is 7.58. The molecule has 24 heavy (non-hydrogen) atoms. The minimum absolute atomic E-state index is 0.0608. The first-order valence-corrected chi connectivity index (χ1v) is 9.77. The number of carbonyl (C=O) groups excluding carboxylic acids is 2. The lowest BCUT2D eigenvalue weighted by Crippen LogP contribution is -2.49. The monoisotopic (exact) mass is 393 g/mol. The number of anilines is 1. The summed E-state index contributed by atoms with van der Waals surface area (Å²) in [7, 11) is -3.08. The lowest BCUT2D eigenvalue weighted by atomic mass is 10.2. The third kappa shape index (κ3) is 5.25. The van der Waals surface area contributed by atoms with Crippen LogP contribution in [0.1, 0.15) is 13.3 Å². The summed E-state index contributed by atoms with van der Waals surface area (Å²) in [6, 6.07) is 2.79. The Morgan fingerprint density at radius 2 is 1.96 bits per heavy atom. The average molecular weight is 394 g/mol. The summed E-state index contributed by atoms with van der Waals surface area (Å²) in [6.07, 6.45) is 0.375. The summed E-state index contributed by atoms with van der Waals surface area (Å²) in [6.45, 7) is 1.51. The molecule has 0 spiro atoms. The van der Waals surface area contributed by atoms with Crippen LogP contribution in [0.2, 0.25) is 10.0 Å². The zero-order valence-corrected chi connectivity index (χ0v) is 15.1. The van der Waals surface area contributed by atoms with Crippen molar-refractivity contribution in [3.05, 3.63) is 28.2 Å². The number of halogens is 2. The van der Waals surface area contributed by atoms with E-state index in [4.69, 9.17) is 23.2 Å². The predicted molar refractivity (Wildman–Crippen MR) is 93.3 cm³/mol. The SMILES string of the molecule is CC(NC(=O)NC1CCS(=O)(=O)C1)C(=O)Nc1ccc(Cl)c(Cl)c1. The van der Waals surface area contributed by atoms with Crippen LogP contribution in [-0.2, 0) is 14.6 Å². The van der Waals surface area contributed by atoms with Gasteiger partial charge in [-0.05, 0) is 31.5 Å². The third-order valence-electron chi connectivity index (χ3n) is 3.50. The second-order valence-electron chi connectivity index (χ2n) is 5.56. The molecule has 0 bridgehead atoms. The van der Waals surface area contributed by atoms with Gasteiger partial charge in [-0.1, -0.05) is 23.2 Å². The molecule has 1 heterocycles. The van der Waals surface area contributed by atoms with Crippen LogP contribution in [0.25, 0.3) is 0 Å². The number of urea groups is 1. The van der Waals surface area contributed by atoms with Crippen LogP contribution in [0.5, 0.6) is 0 Å². The highest BCUT2D eigenvalue weighted by Gasteiger charge is 2.29. The van der Waals surface area contributed by atoms with Crippen LogP contribution in [-0.4, -0.2) is 43.9 Å². The molecule has 1 aliphatic rings. The van der Waals surface area contributed by atoms with E-state index in [1.807, 2.05) is 0 Å². The normalized spacial score (nSPS) is 20.2. The van der Waals surface area contributed by atoms with Crippen molar-refractivity contribution in [3.8, 4) is 0 Å². The van der Waals surface area contributed by atoms with Crippen molar-refractivity contribution >= 4 is 50.7 Å². The summed E-state index contributed by atoms with van der Waals surface area (Å²) in [4.78, 5) is 23.9. The number of hydrogen-bond acceptors (Lipinski definition) is 4. The summed E-state index contributed by atoms with van der Waals surface area (Å²) < 4.78 is 22.7. The van der Waals surface area contributed by atoms with Crippen molar-refractivity contribution in [1.29, 1.82) is 0 Å². The zero-order valence-electron chi connectivity index (χ0n) is 12.8. The molecule has 1 saturated heterocycles. The molecular weight excluding hydrogens is 377 g/mol. The molecule has 3 amide bonds. The van der Waals surface area contributed by atoms with Gasteiger partial charge in [0.1, 0.15) is 6.04 Å². The second-order valence-corrected chi connectivity index (χ2v) is 8.60. The molecule has 1 aliphatic heterocycles. The van der Waals surface area contributed by atoms with Gasteiger partial charge in [0.2, 0.25) is 5.91 Å². The van der Waals surface area contributed by atoms with Crippen LogP contribution >= 0.6 is 23.2 Å². The molecule has 2 atom stereocenters. The van der Waals surface area contributed by atoms with Crippen LogP contribution in [0.15, 0.2) is 18.2 Å². The Morgan fingerprint density at radius 3 is 2.54 bits per heavy atom. The maximum Gasteiger partial charge on any atom is 0.315 e. The molecule has 1 aromatic rings. The first kappa shape index (κ1) is 18.8. The number of nitrogens with one attached hydrogen (secondary N) is 3. The molecule has 0 radical (unpaired) electrons. The summed E-state index contributed by atoms with van der Waals surface area (Å²) in [5.74, 6) is -0.460. The molecule has 1 fully saturated rings. The van der Waals surface area contributed by atoms with Crippen molar-refractivity contribution in [2.45, 2.75) is 25.4 Å². The van der Waals surface area contributed by atoms with Crippen molar-refractivity contribution in [2.24, 2.45) is 0 Å². The van der Waals surface area contributed by atoms with Crippen LogP contribution in [0.3, 0.4) is 0 Å². The topological polar surface area (TPSA) is 104 Å². The van der Waals surface area contributed by atoms with Crippen molar-refractivity contribution in [3.63, 3.8) is 0 Å². The van der Waals surface area contributed by atoms with Gasteiger partial charge in [-0.25, -0.2) is 13.2 Å². The molecule has 10 heteroatoms. The van der Waals surface area contributed by atoms with Gasteiger partial charge in [0.25, 0.3) is 0 Å². The minimum Gasteiger partial charge on any atom is -0.334 e. The van der Waals surface area contributed by atoms with Gasteiger partial charge in [0.05, 0.1) is 21.6 Å². The van der Waals surface area contributed by atoms with Gasteiger partial charge in [-0.2, -0.15) is 0 Å². The lowest BCUT2D eigenvalue weighted by molar-refractivity contribution is -0.117. The molecule has 132 valence electrons. The van der Waals surface area contributed by atoms with Crippen LogP contribution < -0.4 is 16.0 Å². The number of carbonyl (C=O) groups is 2. The number of benzene rings is 1. The summed E-state index contributed by atoms with van der Waals surface area (Å²) in [5, 5.41) is 8.29. The average Bonchev–Trinajstić information content (AvgIpc) is 2.81. The maximum atomic E-state index is 12.1. The van der Waals surface area contributed by atoms with E-state index >= 15 is 0 Å². The van der Waals surface area contributed by atoms with Gasteiger partial charge in [-0.15, -0.1) is 0 Å². The van der Waals surface area contributed by atoms with E-state index in [9.17, 15) is 18.0 Å². The molecule has 2 rings (SSSR count). The van der Waals surface area contributed by atoms with E-state index in [1.54, 1.807) is 12.1 Å². The Labute approximate surface area is 150 Å². The molecule has 7 nitrogen and oxygen atoms in total. The molecule has 0 saturated carbocycles. The fraction of sp³-hybridized carbons (Fsp3) is 0.429. The predicted octanol–water partition coefficient (Wildman–Crippen LogP) is 1.81. The number of amides is 3. The standard InChI is InChI=1S/C14H17Cl2N3O4S/c1-8(13(20)18-9-2-3-11(15)12(16)6-9)17-14(21)19-10-4-5-24(22,23)7-10/h2-3,6,8,10H,4-5,7H2,1H3,(H,18,20)(H2,17,19,21). The quantitative estimate of drug-likeness (QED) is 0.725. The third-order valence-corrected chi connectivity index (χ3v) is 6.00. The Hall–Kier alpha value is -1.51. The van der Waals surface area contributed by atoms with Crippen molar-refractivity contribution in [1.82, 2.24) is 10.6 Å². The molecule has 3 N–H and O–H groups in total. The highest BCUT2D eigenvalue weighted by atomic mass is 35.5. The molecule has 0 aliphatic carbocycles. The number of sulfone groups is 1. The van der Waals surface area contributed by atoms with Crippen LogP contribution in [0.4, 0.5) is 10.5 Å². The number of hydrogen-bond donors (Lipinski definition) is 3. The van der Waals surface area contributed by atoms with Gasteiger partial charge in [0.15, 0.2) is 9.84 Å². The van der Waals surface area contributed by atoms with Crippen LogP contribution in [0, 0.1) is 0 Å². The van der Waals surface area contributed by atoms with E-state index in [2.05, 4.69) is 16.0 Å². The van der Waals surface area contributed by atoms with E-state index < -0.39 is 33.9 Å². The molecule has 1 aromatic carbocycles. The van der Waals surface area contributed by atoms with Crippen molar-refractivity contribution in [2.75, 3.05) is 16.8 Å². The Morgan fingerprint density at radius 1 is 1.25 bits per heavy atom. The molecule has 2 unspecified atom stereocenters. The first-order valence-electron chi connectivity index (χ1n) is 7.19. The largest absolute Gasteiger partial charge is 0.334 e. The van der Waals surface area contributed by atoms with Gasteiger partial charge in [-0.3, -0.25) is 4.79 Å². The van der Waals surface area contributed by atoms with Crippen molar-refractivity contribution < 1.29 is 18.0 Å². The van der Waals surface area contributed by atoms with Gasteiger partial charge in [0, 0.05) is 11.7 Å². The lowest BCUT2D eigenvalue weighted by Gasteiger charge is -2.17. The minimum atomic E-state index is -3.08. The summed E-state index contributed by atoms with van der Waals surface area (Å²) >= 11 is 11.7. The summed E-state index contributed by atoms with van der Waals surface area (Å²) in [5.41, 5.74) is 0.449. The smallest absolute Gasteiger partial charge is 0.315 e. The van der Waals surface area contributed by atoms with E-state index in [0.717, 1.165) is 0 Å². The van der Waals surface area contributed by atoms with E-state index in [0.29, 0.717) is 22.2 Å². The highest BCUT2D eigenvalue weighted by Crippen LogP contribution is 2.25. The Bertz CT molecular complexity index is 754. The molecular formula is C14H17Cl2N3O4S. The maximum absolute atomic E-state index is 12.1. The Balaban J connectivity index is 1.84.